The lowest BCUT2D eigenvalue weighted by atomic mass is 9.93. The molecule has 0 unspecified atom stereocenters. The van der Waals surface area contributed by atoms with E-state index in [1.54, 1.807) is 0 Å². The van der Waals surface area contributed by atoms with Crippen LogP contribution in [0.25, 0.3) is 100 Å². The highest BCUT2D eigenvalue weighted by atomic mass is 16.3. The van der Waals surface area contributed by atoms with Gasteiger partial charge >= 0.3 is 5.69 Å². The predicted molar refractivity (Wildman–Crippen MR) is 207 cm³/mol. The van der Waals surface area contributed by atoms with Crippen LogP contribution in [0.5, 0.6) is 0 Å². The van der Waals surface area contributed by atoms with Crippen molar-refractivity contribution >= 4 is 60.7 Å². The van der Waals surface area contributed by atoms with Gasteiger partial charge in [-0.3, -0.25) is 8.97 Å². The second-order valence-electron chi connectivity index (χ2n) is 12.9. The van der Waals surface area contributed by atoms with Crippen LogP contribution in [0.3, 0.4) is 0 Å². The van der Waals surface area contributed by atoms with Crippen molar-refractivity contribution in [1.29, 1.82) is 0 Å². The fourth-order valence-corrected chi connectivity index (χ4v) is 7.88. The largest absolute Gasteiger partial charge is 0.456 e. The van der Waals surface area contributed by atoms with Crippen LogP contribution >= 0.6 is 0 Å². The Morgan fingerprint density at radius 1 is 0.462 bits per heavy atom. The molecule has 0 aliphatic carbocycles. The van der Waals surface area contributed by atoms with Gasteiger partial charge in [-0.1, -0.05) is 103 Å². The van der Waals surface area contributed by atoms with Gasteiger partial charge < -0.3 is 8.83 Å². The summed E-state index contributed by atoms with van der Waals surface area (Å²) in [7, 11) is 0. The Bertz CT molecular complexity index is 3280. The number of hydrogen-bond acceptors (Lipinski definition) is 5. The number of fused-ring (bicyclic) bond motifs is 9. The van der Waals surface area contributed by atoms with Crippen LogP contribution in [0, 0.1) is 0 Å². The van der Waals surface area contributed by atoms with Gasteiger partial charge in [0.25, 0.3) is 0 Å². The van der Waals surface area contributed by atoms with Crippen LogP contribution in [-0.2, 0) is 0 Å². The first-order chi connectivity index (χ1) is 25.7. The van der Waals surface area contributed by atoms with E-state index in [0.717, 1.165) is 88.4 Å². The Labute approximate surface area is 295 Å². The van der Waals surface area contributed by atoms with E-state index in [9.17, 15) is 4.79 Å². The van der Waals surface area contributed by atoms with Gasteiger partial charge in [-0.25, -0.2) is 4.79 Å². The number of para-hydroxylation sites is 4. The first-order valence-electron chi connectivity index (χ1n) is 17.1. The summed E-state index contributed by atoms with van der Waals surface area (Å²) in [6, 6.07) is 53.0. The Kier molecular flexibility index (Phi) is 5.98. The summed E-state index contributed by atoms with van der Waals surface area (Å²) >= 11 is 0. The zero-order valence-electron chi connectivity index (χ0n) is 27.5. The summed E-state index contributed by atoms with van der Waals surface area (Å²) in [5.74, 6) is 1.01. The quantitative estimate of drug-likeness (QED) is 0.186. The lowest BCUT2D eigenvalue weighted by Gasteiger charge is -2.12. The lowest BCUT2D eigenvalue weighted by molar-refractivity contribution is 0.669. The molecular weight excluding hydrogens is 645 g/mol. The number of aromatic nitrogens is 4. The molecule has 4 aromatic heterocycles. The number of rotatable bonds is 4. The second kappa shape index (κ2) is 10.9. The maximum Gasteiger partial charge on any atom is 0.372 e. The van der Waals surface area contributed by atoms with Crippen molar-refractivity contribution < 1.29 is 8.83 Å². The summed E-state index contributed by atoms with van der Waals surface area (Å²) in [6.45, 7) is 0. The third kappa shape index (κ3) is 4.10. The van der Waals surface area contributed by atoms with Crippen LogP contribution < -0.4 is 5.69 Å². The summed E-state index contributed by atoms with van der Waals surface area (Å²) in [5.41, 5.74) is 10.3. The maximum absolute atomic E-state index is 13.4. The molecule has 0 aliphatic heterocycles. The second-order valence-corrected chi connectivity index (χ2v) is 12.9. The fraction of sp³-hybridized carbons (Fsp3) is 0. The Balaban J connectivity index is 1.17. The first-order valence-corrected chi connectivity index (χ1v) is 17.1. The number of imidazole rings is 1. The molecule has 0 aliphatic rings. The van der Waals surface area contributed by atoms with E-state index in [1.807, 2.05) is 130 Å². The van der Waals surface area contributed by atoms with Crippen LogP contribution in [-0.4, -0.2) is 18.9 Å². The minimum absolute atomic E-state index is 0.495. The Morgan fingerprint density at radius 3 is 1.90 bits per heavy atom. The highest BCUT2D eigenvalue weighted by Crippen LogP contribution is 2.43. The van der Waals surface area contributed by atoms with Crippen LogP contribution in [0.15, 0.2) is 171 Å². The van der Waals surface area contributed by atoms with E-state index in [1.165, 1.54) is 0 Å². The van der Waals surface area contributed by atoms with Crippen molar-refractivity contribution in [3.05, 3.63) is 168 Å². The highest BCUT2D eigenvalue weighted by Gasteiger charge is 2.22. The van der Waals surface area contributed by atoms with Crippen LogP contribution in [0.4, 0.5) is 0 Å². The van der Waals surface area contributed by atoms with Crippen molar-refractivity contribution in [3.8, 4) is 39.3 Å². The number of hydrogen-bond donors (Lipinski definition) is 0. The highest BCUT2D eigenvalue weighted by molar-refractivity contribution is 6.16. The third-order valence-electron chi connectivity index (χ3n) is 10.1. The van der Waals surface area contributed by atoms with E-state index in [-0.39, 0.29) is 0 Å². The van der Waals surface area contributed by atoms with E-state index < -0.39 is 5.69 Å². The summed E-state index contributed by atoms with van der Waals surface area (Å²) in [4.78, 5) is 22.5. The molecule has 0 N–H and O–H groups in total. The topological polar surface area (TPSA) is 78.5 Å². The molecule has 0 saturated heterocycles. The minimum atomic E-state index is -0.553. The molecule has 11 rings (SSSR count). The number of furan rings is 2. The van der Waals surface area contributed by atoms with Gasteiger partial charge in [0.05, 0.1) is 11.0 Å². The Morgan fingerprint density at radius 2 is 1.08 bits per heavy atom. The molecule has 0 bridgehead atoms. The van der Waals surface area contributed by atoms with Crippen molar-refractivity contribution in [3.63, 3.8) is 0 Å². The molecule has 4 heterocycles. The smallest absolute Gasteiger partial charge is 0.372 e. The summed E-state index contributed by atoms with van der Waals surface area (Å²) in [6.07, 6.45) is 0. The van der Waals surface area contributed by atoms with Gasteiger partial charge in [-0.15, -0.1) is 0 Å². The summed E-state index contributed by atoms with van der Waals surface area (Å²) < 4.78 is 16.7. The maximum atomic E-state index is 13.4. The third-order valence-corrected chi connectivity index (χ3v) is 10.1. The molecule has 0 radical (unpaired) electrons. The molecule has 0 fully saturated rings. The molecule has 7 nitrogen and oxygen atoms in total. The lowest BCUT2D eigenvalue weighted by Crippen LogP contribution is -2.17. The molecular formula is C45H26N4O3. The van der Waals surface area contributed by atoms with E-state index in [0.29, 0.717) is 11.6 Å². The van der Waals surface area contributed by atoms with Crippen molar-refractivity contribution in [2.45, 2.75) is 0 Å². The zero-order valence-corrected chi connectivity index (χ0v) is 27.5. The van der Waals surface area contributed by atoms with Gasteiger partial charge in [-0.2, -0.15) is 9.97 Å². The van der Waals surface area contributed by atoms with Gasteiger partial charge in [-0.05, 0) is 76.9 Å². The first kappa shape index (κ1) is 28.6. The Hall–Kier alpha value is -7.25. The minimum Gasteiger partial charge on any atom is -0.456 e. The van der Waals surface area contributed by atoms with Crippen LogP contribution in [0.1, 0.15) is 0 Å². The van der Waals surface area contributed by atoms with Gasteiger partial charge in [0, 0.05) is 32.8 Å². The summed E-state index contributed by atoms with van der Waals surface area (Å²) in [5, 5.41) is 4.15. The average molecular weight is 671 g/mol. The molecule has 52 heavy (non-hydrogen) atoms. The van der Waals surface area contributed by atoms with E-state index >= 15 is 0 Å². The molecule has 0 atom stereocenters. The fourth-order valence-electron chi connectivity index (χ4n) is 7.88. The van der Waals surface area contributed by atoms with Crippen molar-refractivity contribution in [1.82, 2.24) is 18.9 Å². The number of nitrogens with zero attached hydrogens (tertiary/aromatic N) is 4. The molecule has 0 amide bonds. The predicted octanol–water partition coefficient (Wildman–Crippen LogP) is 10.8. The molecule has 7 heteroatoms. The zero-order chi connectivity index (χ0) is 34.3. The standard InChI is InChI=1S/C45H26N4O3/c50-44-46-43(49-36-20-8-7-19-35(36)48(45(49)47-44)28-12-2-1-3-13-28)32-15-5-4-14-30(32)31-18-11-23-40-42(31)34-26-27(24-25-38(34)52-40)29-17-10-22-39-41(29)33-16-6-9-21-37(33)51-39/h1-26H. The van der Waals surface area contributed by atoms with Crippen molar-refractivity contribution in [2.24, 2.45) is 0 Å². The van der Waals surface area contributed by atoms with Gasteiger partial charge in [0.1, 0.15) is 22.3 Å². The average Bonchev–Trinajstić information content (AvgIpc) is 3.87. The molecule has 11 aromatic rings. The molecule has 0 saturated carbocycles. The normalized spacial score (nSPS) is 11.9. The van der Waals surface area contributed by atoms with E-state index in [2.05, 4.69) is 46.4 Å². The van der Waals surface area contributed by atoms with Crippen LogP contribution in [0.2, 0.25) is 0 Å². The molecule has 244 valence electrons. The van der Waals surface area contributed by atoms with Crippen molar-refractivity contribution in [2.75, 3.05) is 0 Å². The van der Waals surface area contributed by atoms with E-state index in [4.69, 9.17) is 8.83 Å². The SMILES string of the molecule is O=c1nc(-c2ccccc2-c2cccc3oc4ccc(-c5cccc6oc7ccccc7c56)cc4c23)n2c3ccccc3n(-c3ccccc3)c2n1. The monoisotopic (exact) mass is 670 g/mol. The number of benzene rings is 7. The van der Waals surface area contributed by atoms with Gasteiger partial charge in [0.15, 0.2) is 5.82 Å². The molecule has 7 aromatic carbocycles. The molecule has 0 spiro atoms. The van der Waals surface area contributed by atoms with Gasteiger partial charge in [0.2, 0.25) is 5.78 Å².